The Kier molecular flexibility index (Phi) is 3.63. The summed E-state index contributed by atoms with van der Waals surface area (Å²) < 4.78 is 0. The van der Waals surface area contributed by atoms with Crippen molar-refractivity contribution in [3.05, 3.63) is 33.9 Å². The van der Waals surface area contributed by atoms with E-state index in [1.807, 2.05) is 0 Å². The lowest BCUT2D eigenvalue weighted by molar-refractivity contribution is -0.383. The number of anilines is 1. The number of benzene rings is 1. The molecule has 2 rings (SSSR count). The lowest BCUT2D eigenvalue weighted by Gasteiger charge is -2.28. The summed E-state index contributed by atoms with van der Waals surface area (Å²) >= 11 is 0. The van der Waals surface area contributed by atoms with E-state index in [0.717, 1.165) is 18.9 Å². The molecule has 1 aliphatic rings. The first-order chi connectivity index (χ1) is 9.37. The second-order valence-corrected chi connectivity index (χ2v) is 5.33. The summed E-state index contributed by atoms with van der Waals surface area (Å²) in [5, 5.41) is 23.0. The number of rotatable bonds is 5. The fraction of sp³-hybridized carbons (Fsp3) is 0.462. The number of nitrogens with one attached hydrogen (secondary N) is 1. The van der Waals surface area contributed by atoms with Gasteiger partial charge in [-0.1, -0.05) is 0 Å². The summed E-state index contributed by atoms with van der Waals surface area (Å²) in [6.45, 7) is 1.61. The highest BCUT2D eigenvalue weighted by Crippen LogP contribution is 2.39. The first-order valence-electron chi connectivity index (χ1n) is 6.34. The third-order valence-corrected chi connectivity index (χ3v) is 3.70. The number of carbonyl (C=O) groups excluding carboxylic acids is 1. The molecular formula is C13H17N3O4. The van der Waals surface area contributed by atoms with E-state index >= 15 is 0 Å². The maximum atomic E-state index is 12.2. The number of nitrogens with two attached hydrogens (primary N) is 1. The van der Waals surface area contributed by atoms with E-state index < -0.39 is 16.4 Å². The number of carbonyl (C=O) groups is 1. The predicted octanol–water partition coefficient (Wildman–Crippen LogP) is 1.07. The van der Waals surface area contributed by atoms with Crippen LogP contribution in [0.4, 0.5) is 11.4 Å². The molecule has 20 heavy (non-hydrogen) atoms. The summed E-state index contributed by atoms with van der Waals surface area (Å²) in [5.74, 6) is -0.197. The Morgan fingerprint density at radius 2 is 2.25 bits per heavy atom. The molecule has 0 saturated heterocycles. The minimum Gasteiger partial charge on any atom is -0.394 e. The van der Waals surface area contributed by atoms with Crippen LogP contribution in [0.15, 0.2) is 18.2 Å². The van der Waals surface area contributed by atoms with Crippen molar-refractivity contribution in [2.24, 2.45) is 5.92 Å². The van der Waals surface area contributed by atoms with Crippen molar-refractivity contribution in [3.63, 3.8) is 0 Å². The molecule has 0 spiro atoms. The van der Waals surface area contributed by atoms with E-state index in [9.17, 15) is 20.0 Å². The Balaban J connectivity index is 2.21. The van der Waals surface area contributed by atoms with E-state index in [1.54, 1.807) is 6.92 Å². The minimum absolute atomic E-state index is 0.0127. The average Bonchev–Trinajstić information content (AvgIpc) is 3.23. The van der Waals surface area contributed by atoms with Crippen LogP contribution >= 0.6 is 0 Å². The van der Waals surface area contributed by atoms with Crippen LogP contribution in [0.1, 0.15) is 30.1 Å². The molecule has 0 heterocycles. The van der Waals surface area contributed by atoms with E-state index in [1.165, 1.54) is 12.1 Å². The normalized spacial score (nSPS) is 17.3. The Morgan fingerprint density at radius 3 is 2.75 bits per heavy atom. The van der Waals surface area contributed by atoms with Gasteiger partial charge in [-0.3, -0.25) is 14.9 Å². The Bertz CT molecular complexity index is 557. The summed E-state index contributed by atoms with van der Waals surface area (Å²) in [4.78, 5) is 22.3. The van der Waals surface area contributed by atoms with Crippen molar-refractivity contribution >= 4 is 17.3 Å². The molecule has 108 valence electrons. The summed E-state index contributed by atoms with van der Waals surface area (Å²) in [6.07, 6.45) is 1.92. The fourth-order valence-electron chi connectivity index (χ4n) is 2.17. The quantitative estimate of drug-likeness (QED) is 0.423. The standard InChI is InChI=1S/C13H17N3O4/c1-13(7-17,9-3-4-9)15-12(18)8-2-5-10(14)11(6-8)16(19)20/h2,5-6,9,17H,3-4,7,14H2,1H3,(H,15,18). The van der Waals surface area contributed by atoms with Crippen molar-refractivity contribution in [2.45, 2.75) is 25.3 Å². The number of nitrogens with zero attached hydrogens (tertiary/aromatic N) is 1. The molecule has 1 unspecified atom stereocenters. The molecule has 1 aromatic rings. The Labute approximate surface area is 115 Å². The van der Waals surface area contributed by atoms with Gasteiger partial charge in [0.15, 0.2) is 0 Å². The van der Waals surface area contributed by atoms with Crippen molar-refractivity contribution in [1.82, 2.24) is 5.32 Å². The lowest BCUT2D eigenvalue weighted by atomic mass is 9.96. The van der Waals surface area contributed by atoms with Gasteiger partial charge in [-0.2, -0.15) is 0 Å². The van der Waals surface area contributed by atoms with Gasteiger partial charge in [0.1, 0.15) is 5.69 Å². The molecule has 0 aliphatic heterocycles. The number of amides is 1. The molecule has 0 radical (unpaired) electrons. The van der Waals surface area contributed by atoms with Gasteiger partial charge in [0, 0.05) is 11.6 Å². The van der Waals surface area contributed by atoms with E-state index in [4.69, 9.17) is 5.73 Å². The highest BCUT2D eigenvalue weighted by molar-refractivity contribution is 5.96. The molecule has 1 amide bonds. The second kappa shape index (κ2) is 5.09. The van der Waals surface area contributed by atoms with Gasteiger partial charge >= 0.3 is 0 Å². The molecule has 7 heteroatoms. The molecule has 1 aliphatic carbocycles. The number of aliphatic hydroxyl groups is 1. The minimum atomic E-state index is -0.687. The average molecular weight is 279 g/mol. The highest BCUT2D eigenvalue weighted by Gasteiger charge is 2.42. The van der Waals surface area contributed by atoms with Crippen LogP contribution in [0.5, 0.6) is 0 Å². The molecule has 4 N–H and O–H groups in total. The van der Waals surface area contributed by atoms with Crippen LogP contribution in [-0.4, -0.2) is 28.1 Å². The molecule has 1 fully saturated rings. The second-order valence-electron chi connectivity index (χ2n) is 5.33. The molecule has 1 saturated carbocycles. The SMILES string of the molecule is CC(CO)(NC(=O)c1ccc(N)c([N+](=O)[O-])c1)C1CC1. The maximum Gasteiger partial charge on any atom is 0.292 e. The molecule has 0 aromatic heterocycles. The largest absolute Gasteiger partial charge is 0.394 e. The topological polar surface area (TPSA) is 118 Å². The van der Waals surface area contributed by atoms with Crippen LogP contribution in [0.2, 0.25) is 0 Å². The summed E-state index contributed by atoms with van der Waals surface area (Å²) in [7, 11) is 0. The molecule has 0 bridgehead atoms. The first kappa shape index (κ1) is 14.3. The van der Waals surface area contributed by atoms with Gasteiger partial charge in [-0.05, 0) is 37.8 Å². The van der Waals surface area contributed by atoms with Crippen LogP contribution in [0, 0.1) is 16.0 Å². The molecule has 1 atom stereocenters. The van der Waals surface area contributed by atoms with Crippen LogP contribution in [0.25, 0.3) is 0 Å². The van der Waals surface area contributed by atoms with Crippen LogP contribution < -0.4 is 11.1 Å². The fourth-order valence-corrected chi connectivity index (χ4v) is 2.17. The van der Waals surface area contributed by atoms with Gasteiger partial charge in [0.25, 0.3) is 11.6 Å². The van der Waals surface area contributed by atoms with E-state index in [2.05, 4.69) is 5.32 Å². The number of hydrogen-bond acceptors (Lipinski definition) is 5. The Morgan fingerprint density at radius 1 is 1.60 bits per heavy atom. The monoisotopic (exact) mass is 279 g/mol. The van der Waals surface area contributed by atoms with Crippen molar-refractivity contribution in [3.8, 4) is 0 Å². The predicted molar refractivity (Wildman–Crippen MR) is 73.2 cm³/mol. The molecular weight excluding hydrogens is 262 g/mol. The lowest BCUT2D eigenvalue weighted by Crippen LogP contribution is -2.50. The number of hydrogen-bond donors (Lipinski definition) is 3. The number of nitro benzene ring substituents is 1. The Hall–Kier alpha value is -2.15. The zero-order valence-electron chi connectivity index (χ0n) is 11.1. The number of nitro groups is 1. The van der Waals surface area contributed by atoms with Crippen LogP contribution in [0.3, 0.4) is 0 Å². The molecule has 1 aromatic carbocycles. The van der Waals surface area contributed by atoms with Gasteiger partial charge in [-0.15, -0.1) is 0 Å². The number of nitrogen functional groups attached to an aromatic ring is 1. The van der Waals surface area contributed by atoms with Gasteiger partial charge < -0.3 is 16.2 Å². The smallest absolute Gasteiger partial charge is 0.292 e. The zero-order valence-corrected chi connectivity index (χ0v) is 11.1. The van der Waals surface area contributed by atoms with Crippen LogP contribution in [-0.2, 0) is 0 Å². The van der Waals surface area contributed by atoms with E-state index in [0.29, 0.717) is 0 Å². The van der Waals surface area contributed by atoms with Crippen molar-refractivity contribution in [1.29, 1.82) is 0 Å². The third-order valence-electron chi connectivity index (χ3n) is 3.70. The maximum absolute atomic E-state index is 12.2. The number of aliphatic hydroxyl groups excluding tert-OH is 1. The summed E-state index contributed by atoms with van der Waals surface area (Å²) in [5.41, 5.74) is 4.68. The van der Waals surface area contributed by atoms with Crippen molar-refractivity contribution in [2.75, 3.05) is 12.3 Å². The van der Waals surface area contributed by atoms with Gasteiger partial charge in [0.05, 0.1) is 17.1 Å². The molecule has 7 nitrogen and oxygen atoms in total. The summed E-state index contributed by atoms with van der Waals surface area (Å²) in [6, 6.07) is 3.91. The zero-order chi connectivity index (χ0) is 14.9. The van der Waals surface area contributed by atoms with Crippen molar-refractivity contribution < 1.29 is 14.8 Å². The third kappa shape index (κ3) is 2.72. The van der Waals surface area contributed by atoms with E-state index in [-0.39, 0.29) is 29.5 Å². The highest BCUT2D eigenvalue weighted by atomic mass is 16.6. The van der Waals surface area contributed by atoms with Gasteiger partial charge in [-0.25, -0.2) is 0 Å². The van der Waals surface area contributed by atoms with Gasteiger partial charge in [0.2, 0.25) is 0 Å². The first-order valence-corrected chi connectivity index (χ1v) is 6.34.